The molecule has 0 aliphatic heterocycles. The van der Waals surface area contributed by atoms with Gasteiger partial charge in [0.1, 0.15) is 0 Å². The summed E-state index contributed by atoms with van der Waals surface area (Å²) in [5.74, 6) is 1.04. The van der Waals surface area contributed by atoms with E-state index in [0.717, 1.165) is 30.4 Å². The van der Waals surface area contributed by atoms with E-state index < -0.39 is 0 Å². The zero-order valence-corrected chi connectivity index (χ0v) is 13.1. The largest absolute Gasteiger partial charge is 0.313 e. The van der Waals surface area contributed by atoms with Crippen LogP contribution in [0.2, 0.25) is 0 Å². The van der Waals surface area contributed by atoms with Crippen LogP contribution < -0.4 is 5.32 Å². The fourth-order valence-corrected chi connectivity index (χ4v) is 2.89. The van der Waals surface area contributed by atoms with E-state index in [4.69, 9.17) is 5.10 Å². The van der Waals surface area contributed by atoms with Crippen molar-refractivity contribution in [2.24, 2.45) is 5.92 Å². The highest BCUT2D eigenvalue weighted by atomic mass is 15.3. The molecule has 1 aromatic heterocycles. The first kappa shape index (κ1) is 14.3. The molecule has 0 bridgehead atoms. The van der Waals surface area contributed by atoms with Crippen LogP contribution in [0, 0.1) is 19.8 Å². The predicted octanol–water partition coefficient (Wildman–Crippen LogP) is 3.77. The zero-order valence-electron chi connectivity index (χ0n) is 13.1. The highest BCUT2D eigenvalue weighted by molar-refractivity contribution is 5.36. The van der Waals surface area contributed by atoms with Crippen LogP contribution in [0.1, 0.15) is 42.6 Å². The summed E-state index contributed by atoms with van der Waals surface area (Å²) in [4.78, 5) is 0. The molecule has 0 saturated heterocycles. The zero-order chi connectivity index (χ0) is 14.7. The van der Waals surface area contributed by atoms with E-state index in [1.165, 1.54) is 36.9 Å². The smallest absolute Gasteiger partial charge is 0.0648 e. The van der Waals surface area contributed by atoms with Gasteiger partial charge in [0.2, 0.25) is 0 Å². The standard InChI is InChI=1S/C18H25N3/c1-14-18(13-19-12-6-7-16-10-11-16)15(2)21(20-14)17-8-4-3-5-9-17/h3-5,8-9,16,19H,6-7,10-13H2,1-2H3. The summed E-state index contributed by atoms with van der Waals surface area (Å²) in [5.41, 5.74) is 4.85. The maximum absolute atomic E-state index is 4.69. The molecule has 0 atom stereocenters. The Balaban J connectivity index is 1.61. The molecule has 1 saturated carbocycles. The van der Waals surface area contributed by atoms with Crippen LogP contribution in [0.3, 0.4) is 0 Å². The van der Waals surface area contributed by atoms with Crippen molar-refractivity contribution in [1.29, 1.82) is 0 Å². The molecular formula is C18H25N3. The molecule has 0 unspecified atom stereocenters. The van der Waals surface area contributed by atoms with Crippen molar-refractivity contribution in [1.82, 2.24) is 15.1 Å². The van der Waals surface area contributed by atoms with Gasteiger partial charge in [-0.3, -0.25) is 0 Å². The molecule has 0 amide bonds. The first-order valence-corrected chi connectivity index (χ1v) is 8.07. The fraction of sp³-hybridized carbons (Fsp3) is 0.500. The average molecular weight is 283 g/mol. The topological polar surface area (TPSA) is 29.9 Å². The Labute approximate surface area is 127 Å². The summed E-state index contributed by atoms with van der Waals surface area (Å²) in [6.07, 6.45) is 5.62. The fourth-order valence-electron chi connectivity index (χ4n) is 2.89. The van der Waals surface area contributed by atoms with E-state index in [1.807, 2.05) is 6.07 Å². The van der Waals surface area contributed by atoms with Crippen LogP contribution in [0.4, 0.5) is 0 Å². The third-order valence-corrected chi connectivity index (χ3v) is 4.41. The third kappa shape index (κ3) is 3.53. The normalized spacial score (nSPS) is 14.6. The molecule has 3 rings (SSSR count). The van der Waals surface area contributed by atoms with E-state index in [9.17, 15) is 0 Å². The van der Waals surface area contributed by atoms with E-state index in [-0.39, 0.29) is 0 Å². The molecular weight excluding hydrogens is 258 g/mol. The molecule has 1 fully saturated rings. The molecule has 3 heteroatoms. The molecule has 1 aliphatic carbocycles. The lowest BCUT2D eigenvalue weighted by Gasteiger charge is -2.07. The Kier molecular flexibility index (Phi) is 4.39. The van der Waals surface area contributed by atoms with Crippen LogP contribution in [0.5, 0.6) is 0 Å². The average Bonchev–Trinajstić information content (AvgIpc) is 3.28. The Bertz CT molecular complexity index is 582. The summed E-state index contributed by atoms with van der Waals surface area (Å²) in [7, 11) is 0. The summed E-state index contributed by atoms with van der Waals surface area (Å²) < 4.78 is 2.05. The third-order valence-electron chi connectivity index (χ3n) is 4.41. The molecule has 112 valence electrons. The van der Waals surface area contributed by atoms with Gasteiger partial charge < -0.3 is 5.32 Å². The number of nitrogens with one attached hydrogen (secondary N) is 1. The second-order valence-electron chi connectivity index (χ2n) is 6.16. The number of aromatic nitrogens is 2. The van der Waals surface area contributed by atoms with Gasteiger partial charge in [0, 0.05) is 17.8 Å². The number of rotatable bonds is 7. The maximum Gasteiger partial charge on any atom is 0.0648 e. The minimum absolute atomic E-state index is 0.926. The summed E-state index contributed by atoms with van der Waals surface area (Å²) in [6.45, 7) is 6.31. The Morgan fingerprint density at radius 1 is 1.19 bits per heavy atom. The Hall–Kier alpha value is -1.61. The second kappa shape index (κ2) is 6.44. The molecule has 1 heterocycles. The van der Waals surface area contributed by atoms with Crippen LogP contribution in [-0.2, 0) is 6.54 Å². The Morgan fingerprint density at radius 2 is 1.95 bits per heavy atom. The molecule has 2 aromatic rings. The first-order valence-electron chi connectivity index (χ1n) is 8.07. The van der Waals surface area contributed by atoms with Gasteiger partial charge in [0.05, 0.1) is 11.4 Å². The molecule has 1 N–H and O–H groups in total. The van der Waals surface area contributed by atoms with E-state index in [0.29, 0.717) is 0 Å². The number of benzene rings is 1. The second-order valence-corrected chi connectivity index (χ2v) is 6.16. The van der Waals surface area contributed by atoms with Crippen molar-refractivity contribution >= 4 is 0 Å². The number of nitrogens with zero attached hydrogens (tertiary/aromatic N) is 2. The van der Waals surface area contributed by atoms with E-state index >= 15 is 0 Å². The number of hydrogen-bond acceptors (Lipinski definition) is 2. The van der Waals surface area contributed by atoms with Crippen molar-refractivity contribution in [2.75, 3.05) is 6.54 Å². The minimum Gasteiger partial charge on any atom is -0.313 e. The summed E-state index contributed by atoms with van der Waals surface area (Å²) in [6, 6.07) is 10.4. The van der Waals surface area contributed by atoms with Crippen LogP contribution >= 0.6 is 0 Å². The molecule has 21 heavy (non-hydrogen) atoms. The van der Waals surface area contributed by atoms with Crippen molar-refractivity contribution in [3.8, 4) is 5.69 Å². The van der Waals surface area contributed by atoms with Crippen molar-refractivity contribution in [3.05, 3.63) is 47.3 Å². The monoisotopic (exact) mass is 283 g/mol. The van der Waals surface area contributed by atoms with Gasteiger partial charge in [0.15, 0.2) is 0 Å². The van der Waals surface area contributed by atoms with Gasteiger partial charge in [-0.15, -0.1) is 0 Å². The van der Waals surface area contributed by atoms with Gasteiger partial charge in [0.25, 0.3) is 0 Å². The SMILES string of the molecule is Cc1nn(-c2ccccc2)c(C)c1CNCCCC1CC1. The van der Waals surface area contributed by atoms with Crippen LogP contribution in [0.25, 0.3) is 5.69 Å². The first-order chi connectivity index (χ1) is 10.3. The summed E-state index contributed by atoms with van der Waals surface area (Å²) in [5, 5.41) is 8.27. The lowest BCUT2D eigenvalue weighted by atomic mass is 10.2. The van der Waals surface area contributed by atoms with Crippen LogP contribution in [-0.4, -0.2) is 16.3 Å². The van der Waals surface area contributed by atoms with Gasteiger partial charge in [-0.05, 0) is 51.3 Å². The lowest BCUT2D eigenvalue weighted by Crippen LogP contribution is -2.16. The van der Waals surface area contributed by atoms with Crippen molar-refractivity contribution in [3.63, 3.8) is 0 Å². The highest BCUT2D eigenvalue weighted by Gasteiger charge is 2.20. The highest BCUT2D eigenvalue weighted by Crippen LogP contribution is 2.33. The molecule has 1 aliphatic rings. The Morgan fingerprint density at radius 3 is 2.67 bits per heavy atom. The predicted molar refractivity (Wildman–Crippen MR) is 86.7 cm³/mol. The van der Waals surface area contributed by atoms with Crippen LogP contribution in [0.15, 0.2) is 30.3 Å². The van der Waals surface area contributed by atoms with E-state index in [2.05, 4.69) is 48.1 Å². The van der Waals surface area contributed by atoms with Crippen molar-refractivity contribution in [2.45, 2.75) is 46.1 Å². The number of para-hydroxylation sites is 1. The van der Waals surface area contributed by atoms with Gasteiger partial charge in [-0.2, -0.15) is 5.10 Å². The van der Waals surface area contributed by atoms with E-state index in [1.54, 1.807) is 0 Å². The molecule has 3 nitrogen and oxygen atoms in total. The van der Waals surface area contributed by atoms with Gasteiger partial charge in [-0.1, -0.05) is 31.0 Å². The minimum atomic E-state index is 0.926. The van der Waals surface area contributed by atoms with Gasteiger partial charge in [-0.25, -0.2) is 4.68 Å². The van der Waals surface area contributed by atoms with Crippen molar-refractivity contribution < 1.29 is 0 Å². The van der Waals surface area contributed by atoms with Gasteiger partial charge >= 0.3 is 0 Å². The number of hydrogen-bond donors (Lipinski definition) is 1. The molecule has 1 aromatic carbocycles. The molecule has 0 radical (unpaired) electrons. The lowest BCUT2D eigenvalue weighted by molar-refractivity contribution is 0.592. The molecule has 0 spiro atoms. The summed E-state index contributed by atoms with van der Waals surface area (Å²) >= 11 is 0. The maximum atomic E-state index is 4.69. The number of aryl methyl sites for hydroxylation is 1. The quantitative estimate of drug-likeness (QED) is 0.784.